The molecular weight excluding hydrogens is 252 g/mol. The Labute approximate surface area is 120 Å². The maximum Gasteiger partial charge on any atom is 0.0906 e. The first kappa shape index (κ1) is 13.4. The van der Waals surface area contributed by atoms with Crippen molar-refractivity contribution in [3.05, 3.63) is 29.8 Å². The highest BCUT2D eigenvalue weighted by molar-refractivity contribution is 6.06. The van der Waals surface area contributed by atoms with Gasteiger partial charge < -0.3 is 14.8 Å². The van der Waals surface area contributed by atoms with Crippen LogP contribution < -0.4 is 4.90 Å². The van der Waals surface area contributed by atoms with Gasteiger partial charge in [0.15, 0.2) is 0 Å². The summed E-state index contributed by atoms with van der Waals surface area (Å²) in [6.45, 7) is 0.928. The maximum absolute atomic E-state index is 9.16. The molecule has 0 saturated heterocycles. The highest BCUT2D eigenvalue weighted by Gasteiger charge is 2.31. The van der Waals surface area contributed by atoms with E-state index < -0.39 is 0 Å². The first-order valence-corrected chi connectivity index (χ1v) is 7.43. The summed E-state index contributed by atoms with van der Waals surface area (Å²) in [5, 5.41) is 12.6. The Kier molecular flexibility index (Phi) is 3.92. The number of ether oxygens (including phenoxy) is 1. The van der Waals surface area contributed by atoms with Gasteiger partial charge in [-0.3, -0.25) is 0 Å². The van der Waals surface area contributed by atoms with Crippen molar-refractivity contribution in [2.24, 2.45) is 5.16 Å². The van der Waals surface area contributed by atoms with Gasteiger partial charge in [0.2, 0.25) is 0 Å². The van der Waals surface area contributed by atoms with Crippen molar-refractivity contribution in [1.82, 2.24) is 0 Å². The molecule has 1 saturated carbocycles. The fourth-order valence-electron chi connectivity index (χ4n) is 3.55. The zero-order chi connectivity index (χ0) is 13.9. The van der Waals surface area contributed by atoms with E-state index in [-0.39, 0.29) is 0 Å². The molecule has 0 spiro atoms. The minimum Gasteiger partial charge on any atom is -0.411 e. The quantitative estimate of drug-likeness (QED) is 0.666. The number of methoxy groups -OCH3 is 1. The Hall–Kier alpha value is -1.55. The van der Waals surface area contributed by atoms with E-state index in [0.29, 0.717) is 12.1 Å². The van der Waals surface area contributed by atoms with E-state index in [1.54, 1.807) is 0 Å². The Morgan fingerprint density at radius 2 is 2.15 bits per heavy atom. The van der Waals surface area contributed by atoms with E-state index in [4.69, 9.17) is 9.94 Å². The van der Waals surface area contributed by atoms with Crippen LogP contribution in [-0.4, -0.2) is 36.7 Å². The van der Waals surface area contributed by atoms with Crippen LogP contribution in [0.25, 0.3) is 0 Å². The van der Waals surface area contributed by atoms with Crippen LogP contribution >= 0.6 is 0 Å². The van der Waals surface area contributed by atoms with E-state index in [1.807, 2.05) is 19.2 Å². The maximum atomic E-state index is 9.16. The summed E-state index contributed by atoms with van der Waals surface area (Å²) < 4.78 is 5.55. The average Bonchev–Trinajstić information content (AvgIpc) is 2.54. The number of nitrogens with zero attached hydrogens (tertiary/aromatic N) is 2. The van der Waals surface area contributed by atoms with Crippen LogP contribution in [0.4, 0.5) is 5.69 Å². The Bertz CT molecular complexity index is 501. The van der Waals surface area contributed by atoms with Crippen molar-refractivity contribution in [2.75, 3.05) is 18.6 Å². The van der Waals surface area contributed by atoms with E-state index in [2.05, 4.69) is 22.2 Å². The van der Waals surface area contributed by atoms with Crippen molar-refractivity contribution in [3.8, 4) is 0 Å². The standard InChI is InChI=1S/C16H22N2O2/c1-20-13-6-4-5-12(11-13)18-10-9-15(17-19)14-7-2-3-8-16(14)18/h2-3,7-8,12-13,19H,4-6,9-11H2,1H3. The Balaban J connectivity index is 1.88. The number of benzene rings is 1. The van der Waals surface area contributed by atoms with Crippen LogP contribution in [0.15, 0.2) is 29.4 Å². The molecule has 3 rings (SSSR count). The molecule has 1 N–H and O–H groups in total. The highest BCUT2D eigenvalue weighted by Crippen LogP contribution is 2.34. The Morgan fingerprint density at radius 3 is 2.95 bits per heavy atom. The largest absolute Gasteiger partial charge is 0.411 e. The van der Waals surface area contributed by atoms with Gasteiger partial charge in [-0.1, -0.05) is 23.4 Å². The summed E-state index contributed by atoms with van der Waals surface area (Å²) in [6, 6.07) is 8.79. The normalized spacial score (nSPS) is 28.4. The van der Waals surface area contributed by atoms with Gasteiger partial charge in [-0.15, -0.1) is 0 Å². The lowest BCUT2D eigenvalue weighted by Gasteiger charge is -2.41. The third kappa shape index (κ3) is 2.40. The van der Waals surface area contributed by atoms with Gasteiger partial charge in [-0.2, -0.15) is 0 Å². The summed E-state index contributed by atoms with van der Waals surface area (Å²) in [6.07, 6.45) is 5.90. The highest BCUT2D eigenvalue weighted by atomic mass is 16.5. The number of hydrogen-bond donors (Lipinski definition) is 1. The number of hydrogen-bond acceptors (Lipinski definition) is 4. The molecule has 20 heavy (non-hydrogen) atoms. The van der Waals surface area contributed by atoms with E-state index in [1.165, 1.54) is 24.9 Å². The summed E-state index contributed by atoms with van der Waals surface area (Å²) in [4.78, 5) is 2.48. The van der Waals surface area contributed by atoms with Gasteiger partial charge >= 0.3 is 0 Å². The zero-order valence-corrected chi connectivity index (χ0v) is 12.0. The van der Waals surface area contributed by atoms with E-state index >= 15 is 0 Å². The van der Waals surface area contributed by atoms with Gasteiger partial charge in [0.25, 0.3) is 0 Å². The molecule has 2 aliphatic rings. The number of para-hydroxylation sites is 1. The lowest BCUT2D eigenvalue weighted by molar-refractivity contribution is 0.0631. The van der Waals surface area contributed by atoms with Crippen molar-refractivity contribution >= 4 is 11.4 Å². The minimum atomic E-state index is 0.383. The fraction of sp³-hybridized carbons (Fsp3) is 0.562. The predicted octanol–water partition coefficient (Wildman–Crippen LogP) is 3.03. The van der Waals surface area contributed by atoms with Gasteiger partial charge in [0.05, 0.1) is 11.8 Å². The first-order valence-electron chi connectivity index (χ1n) is 7.43. The van der Waals surface area contributed by atoms with Crippen LogP contribution in [0, 0.1) is 0 Å². The first-order chi connectivity index (χ1) is 9.83. The third-order valence-corrected chi connectivity index (χ3v) is 4.61. The van der Waals surface area contributed by atoms with Crippen LogP contribution in [0.1, 0.15) is 37.7 Å². The molecule has 4 heteroatoms. The van der Waals surface area contributed by atoms with Crippen LogP contribution in [0.5, 0.6) is 0 Å². The molecule has 0 bridgehead atoms. The monoisotopic (exact) mass is 274 g/mol. The predicted molar refractivity (Wildman–Crippen MR) is 79.8 cm³/mol. The number of fused-ring (bicyclic) bond motifs is 1. The molecule has 1 fully saturated rings. The van der Waals surface area contributed by atoms with Gasteiger partial charge in [0.1, 0.15) is 0 Å². The molecule has 0 radical (unpaired) electrons. The summed E-state index contributed by atoms with van der Waals surface area (Å²) in [7, 11) is 1.81. The number of rotatable bonds is 2. The van der Waals surface area contributed by atoms with Crippen LogP contribution in [0.2, 0.25) is 0 Å². The van der Waals surface area contributed by atoms with Gasteiger partial charge in [-0.25, -0.2) is 0 Å². The van der Waals surface area contributed by atoms with Crippen LogP contribution in [-0.2, 0) is 4.74 Å². The molecular formula is C16H22N2O2. The average molecular weight is 274 g/mol. The van der Waals surface area contributed by atoms with Crippen molar-refractivity contribution in [1.29, 1.82) is 0 Å². The molecule has 0 aromatic heterocycles. The molecule has 1 heterocycles. The van der Waals surface area contributed by atoms with Crippen molar-refractivity contribution in [3.63, 3.8) is 0 Å². The fourth-order valence-corrected chi connectivity index (χ4v) is 3.55. The second-order valence-corrected chi connectivity index (χ2v) is 5.69. The lowest BCUT2D eigenvalue weighted by Crippen LogP contribution is -2.44. The van der Waals surface area contributed by atoms with Gasteiger partial charge in [-0.05, 0) is 31.7 Å². The topological polar surface area (TPSA) is 45.1 Å². The van der Waals surface area contributed by atoms with Crippen molar-refractivity contribution < 1.29 is 9.94 Å². The summed E-state index contributed by atoms with van der Waals surface area (Å²) in [5.41, 5.74) is 3.07. The molecule has 1 aromatic carbocycles. The van der Waals surface area contributed by atoms with E-state index in [0.717, 1.165) is 30.7 Å². The number of oxime groups is 1. The molecule has 1 aliphatic carbocycles. The van der Waals surface area contributed by atoms with Crippen LogP contribution in [0.3, 0.4) is 0 Å². The second kappa shape index (κ2) is 5.83. The molecule has 0 amide bonds. The molecule has 108 valence electrons. The van der Waals surface area contributed by atoms with Gasteiger partial charge in [0, 0.05) is 37.4 Å². The number of anilines is 1. The zero-order valence-electron chi connectivity index (χ0n) is 12.0. The van der Waals surface area contributed by atoms with Crippen molar-refractivity contribution in [2.45, 2.75) is 44.2 Å². The smallest absolute Gasteiger partial charge is 0.0906 e. The SMILES string of the molecule is COC1CCCC(N2CCC(=NO)c3ccccc32)C1. The molecule has 1 aliphatic heterocycles. The molecule has 2 atom stereocenters. The second-order valence-electron chi connectivity index (χ2n) is 5.69. The summed E-state index contributed by atoms with van der Waals surface area (Å²) >= 11 is 0. The Morgan fingerprint density at radius 1 is 1.30 bits per heavy atom. The lowest BCUT2D eigenvalue weighted by atomic mass is 9.89. The van der Waals surface area contributed by atoms with E-state index in [9.17, 15) is 0 Å². The minimum absolute atomic E-state index is 0.383. The molecule has 1 aromatic rings. The summed E-state index contributed by atoms with van der Waals surface area (Å²) in [5.74, 6) is 0. The third-order valence-electron chi connectivity index (χ3n) is 4.61. The molecule has 2 unspecified atom stereocenters. The molecule has 4 nitrogen and oxygen atoms in total.